The molecule has 4 atom stereocenters. The van der Waals surface area contributed by atoms with Crippen molar-refractivity contribution in [2.75, 3.05) is 4.90 Å². The summed E-state index contributed by atoms with van der Waals surface area (Å²) in [6.07, 6.45) is 0. The molecule has 2 aliphatic carbocycles. The molecule has 0 N–H and O–H groups in total. The molecule has 5 nitrogen and oxygen atoms in total. The van der Waals surface area contributed by atoms with Gasteiger partial charge in [0, 0.05) is 5.56 Å². The third kappa shape index (κ3) is 3.45. The van der Waals surface area contributed by atoms with Gasteiger partial charge in [0.25, 0.3) is 0 Å². The van der Waals surface area contributed by atoms with Crippen LogP contribution >= 0.6 is 0 Å². The van der Waals surface area contributed by atoms with Crippen molar-refractivity contribution in [2.45, 2.75) is 17.8 Å². The Balaban J connectivity index is 1.53. The van der Waals surface area contributed by atoms with Gasteiger partial charge < -0.3 is 0 Å². The van der Waals surface area contributed by atoms with E-state index in [1.165, 1.54) is 11.8 Å². The number of rotatable bonds is 6. The molecule has 0 aromatic heterocycles. The van der Waals surface area contributed by atoms with Crippen LogP contribution in [0.4, 0.5) is 5.69 Å². The predicted octanol–water partition coefficient (Wildman–Crippen LogP) is 7.08. The van der Waals surface area contributed by atoms with Crippen LogP contribution in [0.5, 0.6) is 0 Å². The quantitative estimate of drug-likeness (QED) is 0.155. The highest BCUT2D eigenvalue weighted by molar-refractivity contribution is 6.39. The molecule has 46 heavy (non-hydrogen) atoms. The van der Waals surface area contributed by atoms with Crippen molar-refractivity contribution in [2.24, 2.45) is 11.8 Å². The molecule has 5 aromatic carbocycles. The highest BCUT2D eigenvalue weighted by atomic mass is 16.2. The van der Waals surface area contributed by atoms with Gasteiger partial charge >= 0.3 is 0 Å². The van der Waals surface area contributed by atoms with Gasteiger partial charge in [-0.05, 0) is 52.5 Å². The summed E-state index contributed by atoms with van der Waals surface area (Å²) in [5.74, 6) is -3.24. The maximum atomic E-state index is 15.9. The van der Waals surface area contributed by atoms with Gasteiger partial charge in [0.05, 0.1) is 28.4 Å². The Kier molecular flexibility index (Phi) is 6.16. The molecule has 0 spiro atoms. The lowest BCUT2D eigenvalue weighted by molar-refractivity contribution is -0.130. The van der Waals surface area contributed by atoms with Crippen LogP contribution in [-0.2, 0) is 25.2 Å². The minimum absolute atomic E-state index is 0.163. The van der Waals surface area contributed by atoms with Crippen LogP contribution in [0.3, 0.4) is 0 Å². The average molecular weight is 600 g/mol. The summed E-state index contributed by atoms with van der Waals surface area (Å²) in [6, 6.07) is 45.1. The number of imide groups is 1. The topological polar surface area (TPSA) is 71.5 Å². The van der Waals surface area contributed by atoms with E-state index in [1.54, 1.807) is 24.3 Å². The van der Waals surface area contributed by atoms with Crippen molar-refractivity contribution >= 4 is 40.2 Å². The summed E-state index contributed by atoms with van der Waals surface area (Å²) in [5.41, 5.74) is 2.32. The Labute approximate surface area is 266 Å². The van der Waals surface area contributed by atoms with E-state index in [0.29, 0.717) is 22.4 Å². The fourth-order valence-electron chi connectivity index (χ4n) is 8.45. The van der Waals surface area contributed by atoms with E-state index in [9.17, 15) is 4.79 Å². The summed E-state index contributed by atoms with van der Waals surface area (Å²) < 4.78 is 0. The van der Waals surface area contributed by atoms with E-state index in [4.69, 9.17) is 0 Å². The fraction of sp³-hybridized carbons (Fsp3) is 0.122. The molecular weight excluding hydrogens is 570 g/mol. The van der Waals surface area contributed by atoms with Crippen LogP contribution < -0.4 is 4.90 Å². The molecule has 5 aromatic rings. The van der Waals surface area contributed by atoms with E-state index in [2.05, 4.69) is 0 Å². The number of amides is 2. The minimum Gasteiger partial charge on any atom is -0.297 e. The molecule has 0 radical (unpaired) electrons. The van der Waals surface area contributed by atoms with E-state index in [-0.39, 0.29) is 11.6 Å². The maximum absolute atomic E-state index is 15.9. The number of nitrogens with zero attached hydrogens (tertiary/aromatic N) is 1. The molecule has 2 amide bonds. The van der Waals surface area contributed by atoms with Gasteiger partial charge in [-0.1, -0.05) is 133 Å². The zero-order chi connectivity index (χ0) is 31.6. The number of Topliss-reactive ketones (excluding diaryl/α,β-unsaturated/α-hetero) is 2. The number of anilines is 1. The first-order chi connectivity index (χ1) is 22.4. The summed E-state index contributed by atoms with van der Waals surface area (Å²) >= 11 is 0. The van der Waals surface area contributed by atoms with Crippen LogP contribution in [0.2, 0.25) is 0 Å². The lowest BCUT2D eigenvalue weighted by atomic mass is 9.59. The third-order valence-electron chi connectivity index (χ3n) is 10.1. The van der Waals surface area contributed by atoms with E-state index in [0.717, 1.165) is 22.3 Å². The van der Waals surface area contributed by atoms with E-state index in [1.807, 2.05) is 121 Å². The molecule has 1 aliphatic heterocycles. The van der Waals surface area contributed by atoms with Crippen LogP contribution in [0, 0.1) is 11.8 Å². The van der Waals surface area contributed by atoms with Gasteiger partial charge in [-0.15, -0.1) is 0 Å². The van der Waals surface area contributed by atoms with Crippen molar-refractivity contribution < 1.29 is 19.2 Å². The molecule has 5 heteroatoms. The highest BCUT2D eigenvalue weighted by Crippen LogP contribution is 2.74. The highest BCUT2D eigenvalue weighted by Gasteiger charge is 2.82. The molecule has 3 aliphatic rings. The van der Waals surface area contributed by atoms with Gasteiger partial charge in [-0.25, -0.2) is 4.90 Å². The Morgan fingerprint density at radius 1 is 0.543 bits per heavy atom. The van der Waals surface area contributed by atoms with Crippen molar-refractivity contribution in [3.8, 4) is 0 Å². The molecule has 2 fully saturated rings. The monoisotopic (exact) mass is 599 g/mol. The summed E-state index contributed by atoms with van der Waals surface area (Å²) in [4.78, 5) is 59.5. The maximum Gasteiger partial charge on any atom is 0.239 e. The molecule has 0 unspecified atom stereocenters. The second-order valence-corrected chi connectivity index (χ2v) is 12.2. The fourth-order valence-corrected chi connectivity index (χ4v) is 8.45. The predicted molar refractivity (Wildman–Crippen MR) is 177 cm³/mol. The molecule has 1 heterocycles. The van der Waals surface area contributed by atoms with E-state index >= 15 is 14.4 Å². The molecule has 8 rings (SSSR count). The molecule has 2 bridgehead atoms. The van der Waals surface area contributed by atoms with Gasteiger partial charge in [0.15, 0.2) is 11.6 Å². The number of fused-ring (bicyclic) bond motifs is 5. The van der Waals surface area contributed by atoms with E-state index < -0.39 is 34.5 Å². The molecule has 1 saturated heterocycles. The number of ketones is 2. The summed E-state index contributed by atoms with van der Waals surface area (Å²) in [7, 11) is 0. The van der Waals surface area contributed by atoms with Crippen molar-refractivity contribution in [1.82, 2.24) is 0 Å². The zero-order valence-electron chi connectivity index (χ0n) is 25.1. The van der Waals surface area contributed by atoms with Gasteiger partial charge in [0.1, 0.15) is 0 Å². The lowest BCUT2D eigenvalue weighted by Crippen LogP contribution is -2.45. The Morgan fingerprint density at radius 3 is 1.37 bits per heavy atom. The summed E-state index contributed by atoms with van der Waals surface area (Å²) in [6.45, 7) is 1.46. The largest absolute Gasteiger partial charge is 0.297 e. The van der Waals surface area contributed by atoms with Crippen LogP contribution in [0.25, 0.3) is 11.1 Å². The van der Waals surface area contributed by atoms with Crippen molar-refractivity contribution in [1.29, 1.82) is 0 Å². The molecule has 222 valence electrons. The van der Waals surface area contributed by atoms with Gasteiger partial charge in [-0.3, -0.25) is 19.2 Å². The smallest absolute Gasteiger partial charge is 0.239 e. The number of hydrogen-bond acceptors (Lipinski definition) is 4. The average Bonchev–Trinajstić information content (AvgIpc) is 3.62. The summed E-state index contributed by atoms with van der Waals surface area (Å²) in [5, 5.41) is 0. The first-order valence-electron chi connectivity index (χ1n) is 15.4. The number of hydrogen-bond donors (Lipinski definition) is 0. The number of carbonyl (C=O) groups excluding carboxylic acids is 4. The minimum atomic E-state index is -1.46. The second kappa shape index (κ2) is 10.2. The van der Waals surface area contributed by atoms with Crippen LogP contribution in [-0.4, -0.2) is 23.4 Å². The van der Waals surface area contributed by atoms with Crippen LogP contribution in [0.1, 0.15) is 39.5 Å². The Morgan fingerprint density at radius 2 is 0.957 bits per heavy atom. The van der Waals surface area contributed by atoms with Crippen molar-refractivity contribution in [3.05, 3.63) is 173 Å². The third-order valence-corrected chi connectivity index (χ3v) is 10.1. The Bertz CT molecular complexity index is 1970. The first-order valence-corrected chi connectivity index (χ1v) is 15.4. The number of allylic oxidation sites excluding steroid dienone is 2. The number of carbonyl (C=O) groups is 4. The van der Waals surface area contributed by atoms with Gasteiger partial charge in [0.2, 0.25) is 11.8 Å². The molecule has 1 saturated carbocycles. The lowest BCUT2D eigenvalue weighted by Gasteiger charge is -2.39. The van der Waals surface area contributed by atoms with Gasteiger partial charge in [-0.2, -0.15) is 0 Å². The van der Waals surface area contributed by atoms with Crippen molar-refractivity contribution in [3.63, 3.8) is 0 Å². The number of benzene rings is 5. The zero-order valence-corrected chi connectivity index (χ0v) is 25.1. The second-order valence-electron chi connectivity index (χ2n) is 12.2. The van der Waals surface area contributed by atoms with Crippen LogP contribution in [0.15, 0.2) is 146 Å². The first kappa shape index (κ1) is 27.8. The normalized spacial score (nSPS) is 24.9. The standard InChI is InChI=1S/C41H29NO4/c1-26(43)29-19-14-24-32(25-29)42-37(44)35-36(38(42)45)41(31-22-12-5-13-23-31)34(28-17-8-3-9-18-28)33(27-15-6-2-7-16-27)40(35,39(41)46)30-20-10-4-11-21-30/h2-25,35-36H,1H3/t35-,36-,40-,41-/m0/s1. The Hall–Kier alpha value is -5.68. The molecular formula is C41H29NO4. The SMILES string of the molecule is CC(=O)c1cccc(N2C(=O)[C@@H]3[C@@H](C2=O)[C@@]2(c4ccccc4)C(=O)[C@@]3(c3ccccc3)C(c3ccccc3)=C2c2ccccc2)c1.